The van der Waals surface area contributed by atoms with Crippen LogP contribution < -0.4 is 10.6 Å². The van der Waals surface area contributed by atoms with E-state index in [9.17, 15) is 18.8 Å². The zero-order valence-corrected chi connectivity index (χ0v) is 21.3. The molecule has 2 heterocycles. The summed E-state index contributed by atoms with van der Waals surface area (Å²) in [4.78, 5) is 40.7. The van der Waals surface area contributed by atoms with Crippen LogP contribution in [0.2, 0.25) is 0 Å². The molecule has 1 aromatic heterocycles. The van der Waals surface area contributed by atoms with Crippen LogP contribution in [-0.2, 0) is 16.1 Å². The lowest BCUT2D eigenvalue weighted by molar-refractivity contribution is -0.133. The van der Waals surface area contributed by atoms with Crippen molar-refractivity contribution < 1.29 is 23.5 Å². The summed E-state index contributed by atoms with van der Waals surface area (Å²) >= 11 is 0. The first-order chi connectivity index (χ1) is 18.3. The Labute approximate surface area is 220 Å². The number of nitrogens with one attached hydrogen (secondary N) is 2. The molecule has 1 aliphatic rings. The molecule has 2 N–H and O–H groups in total. The summed E-state index contributed by atoms with van der Waals surface area (Å²) in [5, 5.41) is 10.1. The molecule has 4 rings (SSSR count). The van der Waals surface area contributed by atoms with E-state index in [1.54, 1.807) is 29.9 Å². The number of likely N-dealkylation sites (tertiary alicyclic amines) is 1. The van der Waals surface area contributed by atoms with Crippen LogP contribution in [-0.4, -0.2) is 77.3 Å². The molecule has 38 heavy (non-hydrogen) atoms. The standard InChI is InChI=1S/C27H31FN6O4/c1-32(2)25(35)18-38-17-24-12-23(16-33(24)27(37)29-13-19-7-4-3-5-8-19)34-15-22(14-30-34)31-26(36)20-9-6-10-21(28)11-20/h3-11,14-15,23-24H,12-13,16-18H2,1-2H3,(H,29,37)(H,31,36)/t23-,24-/m0/s1. The van der Waals surface area contributed by atoms with Gasteiger partial charge in [-0.2, -0.15) is 5.10 Å². The quantitative estimate of drug-likeness (QED) is 0.449. The molecule has 0 unspecified atom stereocenters. The molecule has 1 fully saturated rings. The smallest absolute Gasteiger partial charge is 0.318 e. The van der Waals surface area contributed by atoms with Crippen LogP contribution in [0.3, 0.4) is 0 Å². The predicted octanol–water partition coefficient (Wildman–Crippen LogP) is 2.90. The topological polar surface area (TPSA) is 109 Å². The van der Waals surface area contributed by atoms with Crippen molar-refractivity contribution >= 4 is 23.5 Å². The van der Waals surface area contributed by atoms with Crippen molar-refractivity contribution in [3.63, 3.8) is 0 Å². The van der Waals surface area contributed by atoms with E-state index < -0.39 is 11.7 Å². The Bertz CT molecular complexity index is 1270. The van der Waals surface area contributed by atoms with Gasteiger partial charge in [0.15, 0.2) is 0 Å². The molecule has 4 amide bonds. The minimum Gasteiger partial charge on any atom is -0.369 e. The first kappa shape index (κ1) is 26.8. The van der Waals surface area contributed by atoms with E-state index in [0.717, 1.165) is 11.6 Å². The molecule has 11 heteroatoms. The van der Waals surface area contributed by atoms with Gasteiger partial charge in [0.05, 0.1) is 30.6 Å². The summed E-state index contributed by atoms with van der Waals surface area (Å²) in [5.41, 5.74) is 1.63. The van der Waals surface area contributed by atoms with Crippen molar-refractivity contribution in [3.05, 3.63) is 83.9 Å². The SMILES string of the molecule is CN(C)C(=O)COC[C@@H]1C[C@H](n2cc(NC(=O)c3cccc(F)c3)cn2)CN1C(=O)NCc1ccccc1. The highest BCUT2D eigenvalue weighted by molar-refractivity contribution is 6.04. The molecule has 0 saturated carbocycles. The van der Waals surface area contributed by atoms with Gasteiger partial charge in [0.1, 0.15) is 12.4 Å². The minimum absolute atomic E-state index is 0.0777. The molecule has 2 aromatic carbocycles. The Hall–Kier alpha value is -4.25. The molecule has 10 nitrogen and oxygen atoms in total. The van der Waals surface area contributed by atoms with Gasteiger partial charge in [-0.15, -0.1) is 0 Å². The summed E-state index contributed by atoms with van der Waals surface area (Å²) < 4.78 is 20.8. The number of hydrogen-bond acceptors (Lipinski definition) is 5. The van der Waals surface area contributed by atoms with Crippen LogP contribution in [0, 0.1) is 5.82 Å². The van der Waals surface area contributed by atoms with Gasteiger partial charge >= 0.3 is 6.03 Å². The van der Waals surface area contributed by atoms with Crippen LogP contribution in [0.5, 0.6) is 0 Å². The van der Waals surface area contributed by atoms with E-state index in [-0.39, 0.29) is 42.8 Å². The van der Waals surface area contributed by atoms with Crippen molar-refractivity contribution in [1.29, 1.82) is 0 Å². The Morgan fingerprint density at radius 2 is 1.92 bits per heavy atom. The number of aromatic nitrogens is 2. The normalized spacial score (nSPS) is 16.8. The lowest BCUT2D eigenvalue weighted by Crippen LogP contribution is -2.44. The molecule has 0 bridgehead atoms. The summed E-state index contributed by atoms with van der Waals surface area (Å²) in [6.45, 7) is 0.867. The number of benzene rings is 2. The van der Waals surface area contributed by atoms with E-state index in [2.05, 4.69) is 15.7 Å². The number of carbonyl (C=O) groups excluding carboxylic acids is 3. The fraction of sp³-hybridized carbons (Fsp3) is 0.333. The second kappa shape index (κ2) is 12.3. The van der Waals surface area contributed by atoms with E-state index in [1.165, 1.54) is 29.3 Å². The number of urea groups is 1. The van der Waals surface area contributed by atoms with E-state index in [0.29, 0.717) is 25.2 Å². The summed E-state index contributed by atoms with van der Waals surface area (Å²) in [5.74, 6) is -1.11. The average Bonchev–Trinajstić information content (AvgIpc) is 3.55. The number of ether oxygens (including phenoxy) is 1. The fourth-order valence-corrected chi connectivity index (χ4v) is 4.21. The number of nitrogens with zero attached hydrogens (tertiary/aromatic N) is 4. The lowest BCUT2D eigenvalue weighted by Gasteiger charge is -2.25. The molecule has 0 radical (unpaired) electrons. The largest absolute Gasteiger partial charge is 0.369 e. The van der Waals surface area contributed by atoms with Gasteiger partial charge in [0, 0.05) is 38.9 Å². The molecule has 2 atom stereocenters. The van der Waals surface area contributed by atoms with E-state index >= 15 is 0 Å². The molecule has 0 aliphatic carbocycles. The van der Waals surface area contributed by atoms with Crippen molar-refractivity contribution in [1.82, 2.24) is 24.9 Å². The first-order valence-electron chi connectivity index (χ1n) is 12.3. The number of halogens is 1. The zero-order valence-electron chi connectivity index (χ0n) is 21.3. The second-order valence-electron chi connectivity index (χ2n) is 9.32. The van der Waals surface area contributed by atoms with Gasteiger partial charge < -0.3 is 25.2 Å². The van der Waals surface area contributed by atoms with Gasteiger partial charge in [0.25, 0.3) is 5.91 Å². The maximum Gasteiger partial charge on any atom is 0.318 e. The van der Waals surface area contributed by atoms with Crippen molar-refractivity contribution in [3.8, 4) is 0 Å². The third-order valence-electron chi connectivity index (χ3n) is 6.29. The van der Waals surface area contributed by atoms with Crippen LogP contribution in [0.1, 0.15) is 28.4 Å². The molecule has 200 valence electrons. The number of hydrogen-bond donors (Lipinski definition) is 2. The second-order valence-corrected chi connectivity index (χ2v) is 9.32. The Kier molecular flexibility index (Phi) is 8.70. The summed E-state index contributed by atoms with van der Waals surface area (Å²) in [6.07, 6.45) is 3.74. The number of anilines is 1. The summed E-state index contributed by atoms with van der Waals surface area (Å²) in [7, 11) is 3.31. The first-order valence-corrected chi connectivity index (χ1v) is 12.3. The number of rotatable bonds is 9. The number of amides is 4. The minimum atomic E-state index is -0.495. The number of carbonyl (C=O) groups is 3. The van der Waals surface area contributed by atoms with Gasteiger partial charge in [-0.3, -0.25) is 14.3 Å². The zero-order chi connectivity index (χ0) is 27.1. The molecular weight excluding hydrogens is 491 g/mol. The van der Waals surface area contributed by atoms with Crippen LogP contribution >= 0.6 is 0 Å². The van der Waals surface area contributed by atoms with Gasteiger partial charge in [-0.1, -0.05) is 36.4 Å². The highest BCUT2D eigenvalue weighted by atomic mass is 19.1. The Morgan fingerprint density at radius 3 is 2.66 bits per heavy atom. The molecule has 0 spiro atoms. The monoisotopic (exact) mass is 522 g/mol. The Morgan fingerprint density at radius 1 is 1.13 bits per heavy atom. The van der Waals surface area contributed by atoms with Crippen LogP contribution in [0.15, 0.2) is 67.0 Å². The molecule has 3 aromatic rings. The van der Waals surface area contributed by atoms with Gasteiger partial charge in [0.2, 0.25) is 5.91 Å². The maximum atomic E-state index is 13.5. The fourth-order valence-electron chi connectivity index (χ4n) is 4.21. The predicted molar refractivity (Wildman–Crippen MR) is 139 cm³/mol. The van der Waals surface area contributed by atoms with E-state index in [4.69, 9.17) is 4.74 Å². The lowest BCUT2D eigenvalue weighted by atomic mass is 10.2. The van der Waals surface area contributed by atoms with Crippen molar-refractivity contribution in [2.24, 2.45) is 0 Å². The average molecular weight is 523 g/mol. The van der Waals surface area contributed by atoms with Gasteiger partial charge in [-0.25, -0.2) is 9.18 Å². The maximum absolute atomic E-state index is 13.5. The molecule has 1 saturated heterocycles. The van der Waals surface area contributed by atoms with Gasteiger partial charge in [-0.05, 0) is 30.2 Å². The van der Waals surface area contributed by atoms with E-state index in [1.807, 2.05) is 30.3 Å². The molecule has 1 aliphatic heterocycles. The highest BCUT2D eigenvalue weighted by Gasteiger charge is 2.37. The molecular formula is C27H31FN6O4. The van der Waals surface area contributed by atoms with Crippen molar-refractivity contribution in [2.75, 3.05) is 39.2 Å². The third-order valence-corrected chi connectivity index (χ3v) is 6.29. The van der Waals surface area contributed by atoms with Crippen LogP contribution in [0.25, 0.3) is 0 Å². The van der Waals surface area contributed by atoms with Crippen LogP contribution in [0.4, 0.5) is 14.9 Å². The summed E-state index contributed by atoms with van der Waals surface area (Å²) in [6, 6.07) is 14.3. The highest BCUT2D eigenvalue weighted by Crippen LogP contribution is 2.28. The number of likely N-dealkylation sites (N-methyl/N-ethyl adjacent to an activating group) is 1. The van der Waals surface area contributed by atoms with Crippen molar-refractivity contribution in [2.45, 2.75) is 25.0 Å². The third kappa shape index (κ3) is 6.94. The Balaban J connectivity index is 1.41.